The van der Waals surface area contributed by atoms with E-state index < -0.39 is 0 Å². The van der Waals surface area contributed by atoms with Crippen molar-refractivity contribution in [1.82, 2.24) is 0 Å². The molecule has 5 heteroatoms. The van der Waals surface area contributed by atoms with Crippen LogP contribution in [-0.4, -0.2) is 11.7 Å². The number of hydrogen-bond donors (Lipinski definition) is 1. The highest BCUT2D eigenvalue weighted by atomic mass is 35.5. The zero-order chi connectivity index (χ0) is 11.4. The summed E-state index contributed by atoms with van der Waals surface area (Å²) in [4.78, 5) is 0. The van der Waals surface area contributed by atoms with E-state index in [2.05, 4.69) is 0 Å². The number of benzene rings is 1. The van der Waals surface area contributed by atoms with Crippen molar-refractivity contribution in [3.8, 4) is 11.5 Å². The minimum atomic E-state index is 0.00131. The standard InChI is InChI=1S/C10H9Cl3O2/c1-6(11)2-3-15-10-8(12)4-7(14)5-9(10)13/h2,4-5,14H,3H2,1H3. The lowest BCUT2D eigenvalue weighted by atomic mass is 10.3. The lowest BCUT2D eigenvalue weighted by Gasteiger charge is -2.08. The van der Waals surface area contributed by atoms with Crippen LogP contribution in [-0.2, 0) is 0 Å². The van der Waals surface area contributed by atoms with Gasteiger partial charge in [0.2, 0.25) is 0 Å². The SMILES string of the molecule is CC(Cl)=CCOc1c(Cl)cc(O)cc1Cl. The predicted molar refractivity (Wildman–Crippen MR) is 63.2 cm³/mol. The third-order valence-electron chi connectivity index (χ3n) is 1.58. The third-order valence-corrected chi connectivity index (χ3v) is 2.29. The van der Waals surface area contributed by atoms with E-state index in [1.54, 1.807) is 13.0 Å². The van der Waals surface area contributed by atoms with Crippen LogP contribution in [0.1, 0.15) is 6.92 Å². The van der Waals surface area contributed by atoms with Gasteiger partial charge in [0.05, 0.1) is 10.0 Å². The van der Waals surface area contributed by atoms with Crippen molar-refractivity contribution in [2.75, 3.05) is 6.61 Å². The molecule has 0 heterocycles. The van der Waals surface area contributed by atoms with Gasteiger partial charge >= 0.3 is 0 Å². The number of ether oxygens (including phenoxy) is 1. The first kappa shape index (κ1) is 12.5. The van der Waals surface area contributed by atoms with Crippen molar-refractivity contribution in [2.45, 2.75) is 6.92 Å². The Balaban J connectivity index is 2.81. The highest BCUT2D eigenvalue weighted by molar-refractivity contribution is 6.37. The second kappa shape index (κ2) is 5.50. The van der Waals surface area contributed by atoms with Crippen LogP contribution in [0.25, 0.3) is 0 Å². The Bertz CT molecular complexity index is 361. The van der Waals surface area contributed by atoms with Crippen LogP contribution in [0.2, 0.25) is 10.0 Å². The number of rotatable bonds is 3. The van der Waals surface area contributed by atoms with E-state index in [0.717, 1.165) is 0 Å². The summed E-state index contributed by atoms with van der Waals surface area (Å²) in [6.45, 7) is 2.02. The molecule has 0 aliphatic rings. The van der Waals surface area contributed by atoms with Gasteiger partial charge in [0.15, 0.2) is 5.75 Å². The predicted octanol–water partition coefficient (Wildman–Crippen LogP) is 4.22. The van der Waals surface area contributed by atoms with Crippen LogP contribution in [0.15, 0.2) is 23.2 Å². The van der Waals surface area contributed by atoms with Gasteiger partial charge in [0.25, 0.3) is 0 Å². The smallest absolute Gasteiger partial charge is 0.157 e. The van der Waals surface area contributed by atoms with E-state index >= 15 is 0 Å². The molecule has 2 nitrogen and oxygen atoms in total. The summed E-state index contributed by atoms with van der Waals surface area (Å²) in [5.41, 5.74) is 0. The second-order valence-electron chi connectivity index (χ2n) is 2.84. The summed E-state index contributed by atoms with van der Waals surface area (Å²) in [5.74, 6) is 0.340. The van der Waals surface area contributed by atoms with Crippen LogP contribution >= 0.6 is 34.8 Å². The third kappa shape index (κ3) is 3.82. The molecule has 0 bridgehead atoms. The molecule has 0 aliphatic heterocycles. The summed E-state index contributed by atoms with van der Waals surface area (Å²) in [6.07, 6.45) is 1.68. The Hall–Kier alpha value is -0.570. The first-order valence-electron chi connectivity index (χ1n) is 4.13. The van der Waals surface area contributed by atoms with Crippen molar-refractivity contribution >= 4 is 34.8 Å². The molecule has 0 spiro atoms. The first-order chi connectivity index (χ1) is 7.00. The molecular weight excluding hydrogens is 258 g/mol. The van der Waals surface area contributed by atoms with E-state index in [0.29, 0.717) is 10.8 Å². The maximum Gasteiger partial charge on any atom is 0.157 e. The van der Waals surface area contributed by atoms with E-state index in [9.17, 15) is 5.11 Å². The summed E-state index contributed by atoms with van der Waals surface area (Å²) in [5, 5.41) is 10.3. The molecular formula is C10H9Cl3O2. The van der Waals surface area contributed by atoms with Crippen LogP contribution < -0.4 is 4.74 Å². The molecule has 0 fully saturated rings. The van der Waals surface area contributed by atoms with E-state index in [-0.39, 0.29) is 22.4 Å². The molecule has 0 saturated carbocycles. The van der Waals surface area contributed by atoms with Crippen molar-refractivity contribution in [3.63, 3.8) is 0 Å². The van der Waals surface area contributed by atoms with Gasteiger partial charge < -0.3 is 9.84 Å². The van der Waals surface area contributed by atoms with Crippen molar-refractivity contribution in [2.24, 2.45) is 0 Å². The Morgan fingerprint density at radius 3 is 2.40 bits per heavy atom. The summed E-state index contributed by atoms with van der Waals surface area (Å²) in [6, 6.07) is 2.72. The van der Waals surface area contributed by atoms with Crippen LogP contribution in [0.4, 0.5) is 0 Å². The molecule has 0 aliphatic carbocycles. The highest BCUT2D eigenvalue weighted by Crippen LogP contribution is 2.36. The molecule has 0 unspecified atom stereocenters. The summed E-state index contributed by atoms with van der Waals surface area (Å²) in [7, 11) is 0. The monoisotopic (exact) mass is 266 g/mol. The Labute approximate surface area is 103 Å². The average Bonchev–Trinajstić information content (AvgIpc) is 2.08. The van der Waals surface area contributed by atoms with Gasteiger partial charge in [-0.25, -0.2) is 0 Å². The maximum atomic E-state index is 9.17. The Morgan fingerprint density at radius 1 is 1.40 bits per heavy atom. The maximum absolute atomic E-state index is 9.17. The molecule has 0 amide bonds. The largest absolute Gasteiger partial charge is 0.508 e. The average molecular weight is 268 g/mol. The lowest BCUT2D eigenvalue weighted by Crippen LogP contribution is -1.95. The highest BCUT2D eigenvalue weighted by Gasteiger charge is 2.08. The topological polar surface area (TPSA) is 29.5 Å². The van der Waals surface area contributed by atoms with Crippen LogP contribution in [0.5, 0.6) is 11.5 Å². The van der Waals surface area contributed by atoms with E-state index in [1.807, 2.05) is 0 Å². The van der Waals surface area contributed by atoms with Crippen molar-refractivity contribution in [3.05, 3.63) is 33.3 Å². The summed E-state index contributed by atoms with van der Waals surface area (Å²) < 4.78 is 5.30. The molecule has 15 heavy (non-hydrogen) atoms. The molecule has 0 aromatic heterocycles. The minimum absolute atomic E-state index is 0.00131. The molecule has 0 saturated heterocycles. The van der Waals surface area contributed by atoms with Crippen molar-refractivity contribution in [1.29, 1.82) is 0 Å². The first-order valence-corrected chi connectivity index (χ1v) is 5.27. The van der Waals surface area contributed by atoms with E-state index in [1.165, 1.54) is 12.1 Å². The Morgan fingerprint density at radius 2 is 1.93 bits per heavy atom. The number of aromatic hydroxyl groups is 1. The molecule has 82 valence electrons. The number of phenolic OH excluding ortho intramolecular Hbond substituents is 1. The van der Waals surface area contributed by atoms with Crippen LogP contribution in [0, 0.1) is 0 Å². The fourth-order valence-corrected chi connectivity index (χ4v) is 1.57. The van der Waals surface area contributed by atoms with Gasteiger partial charge in [0, 0.05) is 17.2 Å². The fourth-order valence-electron chi connectivity index (χ4n) is 0.924. The zero-order valence-electron chi connectivity index (χ0n) is 7.93. The molecule has 1 aromatic carbocycles. The minimum Gasteiger partial charge on any atom is -0.508 e. The van der Waals surface area contributed by atoms with Gasteiger partial charge in [-0.15, -0.1) is 0 Å². The molecule has 0 atom stereocenters. The molecule has 0 radical (unpaired) electrons. The van der Waals surface area contributed by atoms with Gasteiger partial charge in [-0.1, -0.05) is 34.8 Å². The van der Waals surface area contributed by atoms with Crippen LogP contribution in [0.3, 0.4) is 0 Å². The number of allylic oxidation sites excluding steroid dienone is 1. The second-order valence-corrected chi connectivity index (χ2v) is 4.25. The fraction of sp³-hybridized carbons (Fsp3) is 0.200. The van der Waals surface area contributed by atoms with Gasteiger partial charge in [-0.3, -0.25) is 0 Å². The number of halogens is 3. The van der Waals surface area contributed by atoms with Gasteiger partial charge in [0.1, 0.15) is 12.4 Å². The summed E-state index contributed by atoms with van der Waals surface area (Å²) >= 11 is 17.3. The lowest BCUT2D eigenvalue weighted by molar-refractivity contribution is 0.362. The molecule has 1 N–H and O–H groups in total. The number of phenols is 1. The molecule has 1 rings (SSSR count). The van der Waals surface area contributed by atoms with E-state index in [4.69, 9.17) is 39.5 Å². The quantitative estimate of drug-likeness (QED) is 0.888. The zero-order valence-corrected chi connectivity index (χ0v) is 10.2. The number of hydrogen-bond acceptors (Lipinski definition) is 2. The molecule has 1 aromatic rings. The van der Waals surface area contributed by atoms with Crippen molar-refractivity contribution < 1.29 is 9.84 Å². The van der Waals surface area contributed by atoms with Gasteiger partial charge in [-0.05, 0) is 13.0 Å². The van der Waals surface area contributed by atoms with Gasteiger partial charge in [-0.2, -0.15) is 0 Å². The normalized spacial score (nSPS) is 11.6. The Kier molecular flexibility index (Phi) is 4.58.